The van der Waals surface area contributed by atoms with Crippen LogP contribution in [-0.4, -0.2) is 6.04 Å². The lowest BCUT2D eigenvalue weighted by Gasteiger charge is -2.20. The zero-order valence-corrected chi connectivity index (χ0v) is 10.5. The third-order valence-electron chi connectivity index (χ3n) is 3.81. The van der Waals surface area contributed by atoms with Gasteiger partial charge in [0.25, 0.3) is 0 Å². The van der Waals surface area contributed by atoms with Crippen LogP contribution in [0.3, 0.4) is 0 Å². The highest BCUT2D eigenvalue weighted by Gasteiger charge is 2.21. The fraction of sp³-hybridized carbons (Fsp3) is 0.571. The second-order valence-corrected chi connectivity index (χ2v) is 5.07. The van der Waals surface area contributed by atoms with Gasteiger partial charge < -0.3 is 5.32 Å². The zero-order valence-electron chi connectivity index (χ0n) is 10.5. The first-order valence-corrected chi connectivity index (χ1v) is 6.44. The maximum Gasteiger partial charge on any atom is 0.161 e. The summed E-state index contributed by atoms with van der Waals surface area (Å²) in [6, 6.07) is 1.81. The zero-order chi connectivity index (χ0) is 13.1. The van der Waals surface area contributed by atoms with Gasteiger partial charge in [0.15, 0.2) is 11.6 Å². The van der Waals surface area contributed by atoms with Crippen LogP contribution in [0.2, 0.25) is 0 Å². The van der Waals surface area contributed by atoms with Crippen LogP contribution in [0, 0.1) is 23.4 Å². The van der Waals surface area contributed by atoms with Gasteiger partial charge in [-0.3, -0.25) is 0 Å². The molecule has 0 saturated heterocycles. The molecule has 0 heterocycles. The van der Waals surface area contributed by atoms with E-state index >= 15 is 0 Å². The van der Waals surface area contributed by atoms with E-state index in [1.54, 1.807) is 0 Å². The van der Waals surface area contributed by atoms with Gasteiger partial charge in [-0.25, -0.2) is 13.2 Å². The van der Waals surface area contributed by atoms with Crippen LogP contribution in [0.5, 0.6) is 0 Å². The third-order valence-corrected chi connectivity index (χ3v) is 3.81. The lowest BCUT2D eigenvalue weighted by atomic mass is 9.99. The summed E-state index contributed by atoms with van der Waals surface area (Å²) in [4.78, 5) is 0. The van der Waals surface area contributed by atoms with E-state index in [1.165, 1.54) is 25.7 Å². The summed E-state index contributed by atoms with van der Waals surface area (Å²) in [7, 11) is 0. The van der Waals surface area contributed by atoms with Crippen molar-refractivity contribution in [1.29, 1.82) is 0 Å². The van der Waals surface area contributed by atoms with E-state index in [-0.39, 0.29) is 18.2 Å². The number of nitrogens with one attached hydrogen (secondary N) is 1. The minimum Gasteiger partial charge on any atom is -0.310 e. The van der Waals surface area contributed by atoms with Gasteiger partial charge in [0.2, 0.25) is 0 Å². The Labute approximate surface area is 105 Å². The minimum absolute atomic E-state index is 0.179. The first-order valence-electron chi connectivity index (χ1n) is 6.44. The molecule has 1 aliphatic carbocycles. The molecule has 4 heteroatoms. The van der Waals surface area contributed by atoms with Crippen LogP contribution in [0.4, 0.5) is 13.2 Å². The van der Waals surface area contributed by atoms with Crippen LogP contribution in [0.15, 0.2) is 12.1 Å². The SMILES string of the molecule is C[C@H](NCc1cc(F)c(F)cc1F)C1CCCC1. The van der Waals surface area contributed by atoms with E-state index in [4.69, 9.17) is 0 Å². The van der Waals surface area contributed by atoms with Gasteiger partial charge in [-0.15, -0.1) is 0 Å². The van der Waals surface area contributed by atoms with E-state index in [2.05, 4.69) is 12.2 Å². The first-order chi connectivity index (χ1) is 8.58. The summed E-state index contributed by atoms with van der Waals surface area (Å²) in [6.45, 7) is 2.30. The van der Waals surface area contributed by atoms with Crippen molar-refractivity contribution in [2.75, 3.05) is 0 Å². The molecule has 1 fully saturated rings. The first kappa shape index (κ1) is 13.4. The molecule has 1 saturated carbocycles. The molecule has 0 bridgehead atoms. The van der Waals surface area contributed by atoms with Crippen LogP contribution in [-0.2, 0) is 6.54 Å². The predicted molar refractivity (Wildman–Crippen MR) is 64.6 cm³/mol. The van der Waals surface area contributed by atoms with Crippen molar-refractivity contribution in [2.24, 2.45) is 5.92 Å². The highest BCUT2D eigenvalue weighted by molar-refractivity contribution is 5.20. The average molecular weight is 257 g/mol. The Morgan fingerprint density at radius 3 is 2.39 bits per heavy atom. The van der Waals surface area contributed by atoms with Crippen molar-refractivity contribution >= 4 is 0 Å². The molecule has 1 nitrogen and oxygen atoms in total. The topological polar surface area (TPSA) is 12.0 Å². The Morgan fingerprint density at radius 2 is 1.72 bits per heavy atom. The van der Waals surface area contributed by atoms with Gasteiger partial charge in [0, 0.05) is 24.2 Å². The van der Waals surface area contributed by atoms with Gasteiger partial charge in [-0.05, 0) is 31.7 Å². The number of benzene rings is 1. The molecule has 1 aromatic rings. The van der Waals surface area contributed by atoms with E-state index < -0.39 is 17.5 Å². The lowest BCUT2D eigenvalue weighted by Crippen LogP contribution is -2.32. The maximum atomic E-state index is 13.4. The largest absolute Gasteiger partial charge is 0.310 e. The number of halogens is 3. The fourth-order valence-electron chi connectivity index (χ4n) is 2.59. The number of hydrogen-bond donors (Lipinski definition) is 1. The van der Waals surface area contributed by atoms with E-state index in [9.17, 15) is 13.2 Å². The fourth-order valence-corrected chi connectivity index (χ4v) is 2.59. The molecule has 2 rings (SSSR count). The van der Waals surface area contributed by atoms with Gasteiger partial charge in [0.05, 0.1) is 0 Å². The standard InChI is InChI=1S/C14H18F3N/c1-9(10-4-2-3-5-10)18-8-11-6-13(16)14(17)7-12(11)15/h6-7,9-10,18H,2-5,8H2,1H3/t9-/m0/s1. The monoisotopic (exact) mass is 257 g/mol. The number of rotatable bonds is 4. The Balaban J connectivity index is 1.95. The molecule has 0 aliphatic heterocycles. The summed E-state index contributed by atoms with van der Waals surface area (Å²) >= 11 is 0. The van der Waals surface area contributed by atoms with Crippen LogP contribution >= 0.6 is 0 Å². The van der Waals surface area contributed by atoms with Crippen molar-refractivity contribution in [3.63, 3.8) is 0 Å². The summed E-state index contributed by atoms with van der Waals surface area (Å²) in [5.41, 5.74) is 0.179. The van der Waals surface area contributed by atoms with Crippen molar-refractivity contribution in [3.05, 3.63) is 35.1 Å². The summed E-state index contributed by atoms with van der Waals surface area (Å²) < 4.78 is 39.2. The molecule has 1 aromatic carbocycles. The van der Waals surface area contributed by atoms with E-state index in [1.807, 2.05) is 0 Å². The molecule has 1 N–H and O–H groups in total. The molecule has 18 heavy (non-hydrogen) atoms. The van der Waals surface area contributed by atoms with Gasteiger partial charge >= 0.3 is 0 Å². The molecule has 0 aromatic heterocycles. The Bertz CT molecular complexity index is 414. The van der Waals surface area contributed by atoms with E-state index in [0.29, 0.717) is 12.0 Å². The molecular weight excluding hydrogens is 239 g/mol. The molecule has 0 radical (unpaired) electrons. The van der Waals surface area contributed by atoms with Crippen LogP contribution < -0.4 is 5.32 Å². The molecule has 0 spiro atoms. The molecule has 0 unspecified atom stereocenters. The predicted octanol–water partition coefficient (Wildman–Crippen LogP) is 3.77. The molecule has 1 atom stereocenters. The highest BCUT2D eigenvalue weighted by atomic mass is 19.2. The van der Waals surface area contributed by atoms with E-state index in [0.717, 1.165) is 6.07 Å². The van der Waals surface area contributed by atoms with Gasteiger partial charge in [-0.2, -0.15) is 0 Å². The highest BCUT2D eigenvalue weighted by Crippen LogP contribution is 2.27. The minimum atomic E-state index is -1.14. The second kappa shape index (κ2) is 5.74. The maximum absolute atomic E-state index is 13.4. The summed E-state index contributed by atoms with van der Waals surface area (Å²) in [5, 5.41) is 3.20. The van der Waals surface area contributed by atoms with Gasteiger partial charge in [-0.1, -0.05) is 12.8 Å². The molecule has 0 amide bonds. The average Bonchev–Trinajstić information content (AvgIpc) is 2.85. The smallest absolute Gasteiger partial charge is 0.161 e. The summed E-state index contributed by atoms with van der Waals surface area (Å²) in [5.74, 6) is -2.22. The van der Waals surface area contributed by atoms with Crippen LogP contribution in [0.1, 0.15) is 38.2 Å². The van der Waals surface area contributed by atoms with Crippen molar-refractivity contribution in [3.8, 4) is 0 Å². The third kappa shape index (κ3) is 3.05. The molecular formula is C14H18F3N. The Kier molecular flexibility index (Phi) is 4.27. The number of hydrogen-bond acceptors (Lipinski definition) is 1. The van der Waals surface area contributed by atoms with Gasteiger partial charge in [0.1, 0.15) is 5.82 Å². The Hall–Kier alpha value is -1.03. The quantitative estimate of drug-likeness (QED) is 0.810. The molecule has 1 aliphatic rings. The summed E-state index contributed by atoms with van der Waals surface area (Å²) in [6.07, 6.45) is 4.87. The van der Waals surface area contributed by atoms with Crippen LogP contribution in [0.25, 0.3) is 0 Å². The normalized spacial score (nSPS) is 18.2. The lowest BCUT2D eigenvalue weighted by molar-refractivity contribution is 0.376. The van der Waals surface area contributed by atoms with Crippen molar-refractivity contribution in [2.45, 2.75) is 45.2 Å². The van der Waals surface area contributed by atoms with Crippen molar-refractivity contribution < 1.29 is 13.2 Å². The Morgan fingerprint density at radius 1 is 1.11 bits per heavy atom. The van der Waals surface area contributed by atoms with Crippen molar-refractivity contribution in [1.82, 2.24) is 5.32 Å². The molecule has 100 valence electrons. The second-order valence-electron chi connectivity index (χ2n) is 5.07.